The molecule has 0 saturated heterocycles. The van der Waals surface area contributed by atoms with Gasteiger partial charge in [-0.05, 0) is 30.3 Å². The fraction of sp³-hybridized carbons (Fsp3) is 0.462. The van der Waals surface area contributed by atoms with Gasteiger partial charge in [-0.3, -0.25) is 0 Å². The van der Waals surface area contributed by atoms with Gasteiger partial charge in [-0.2, -0.15) is 0 Å². The van der Waals surface area contributed by atoms with Crippen molar-refractivity contribution in [1.29, 1.82) is 0 Å². The molecule has 1 N–H and O–H groups in total. The molecule has 92 valence electrons. The van der Waals surface area contributed by atoms with Crippen LogP contribution in [0.5, 0.6) is 0 Å². The topological polar surface area (TPSA) is 20.7 Å². The molecule has 2 nitrogen and oxygen atoms in total. The summed E-state index contributed by atoms with van der Waals surface area (Å²) in [6, 6.07) is 5.09. The first-order valence-corrected chi connectivity index (χ1v) is 6.45. The van der Waals surface area contributed by atoms with E-state index in [9.17, 15) is 4.39 Å². The summed E-state index contributed by atoms with van der Waals surface area (Å²) in [5.41, 5.74) is 1.38. The third kappa shape index (κ3) is 2.27. The van der Waals surface area contributed by atoms with Crippen molar-refractivity contribution in [2.24, 2.45) is 5.92 Å². The van der Waals surface area contributed by atoms with Gasteiger partial charge in [0.15, 0.2) is 4.77 Å². The molecule has 1 aromatic heterocycles. The Balaban J connectivity index is 2.50. The maximum atomic E-state index is 13.6. The Morgan fingerprint density at radius 2 is 2.06 bits per heavy atom. The molecular formula is C13H17FN2S. The minimum Gasteiger partial charge on any atom is -0.328 e. The summed E-state index contributed by atoms with van der Waals surface area (Å²) < 4.78 is 16.2. The minimum atomic E-state index is -0.239. The Labute approximate surface area is 105 Å². The summed E-state index contributed by atoms with van der Waals surface area (Å²) in [5, 5.41) is 0. The lowest BCUT2D eigenvalue weighted by molar-refractivity contribution is 0.422. The number of nitrogens with zero attached hydrogens (tertiary/aromatic N) is 1. The molecule has 0 bridgehead atoms. The molecule has 2 rings (SSSR count). The lowest BCUT2D eigenvalue weighted by atomic mass is 10.0. The molecule has 0 radical (unpaired) electrons. The first-order chi connectivity index (χ1) is 8.17. The number of fused-ring (bicyclic) bond motifs is 1. The van der Waals surface area contributed by atoms with Gasteiger partial charge in [0.25, 0.3) is 0 Å². The zero-order valence-electron chi connectivity index (χ0n) is 10.2. The van der Waals surface area contributed by atoms with E-state index in [0.29, 0.717) is 16.2 Å². The fourth-order valence-electron chi connectivity index (χ4n) is 2.13. The van der Waals surface area contributed by atoms with Gasteiger partial charge >= 0.3 is 0 Å². The first kappa shape index (κ1) is 12.3. The Hall–Kier alpha value is -1.16. The predicted molar refractivity (Wildman–Crippen MR) is 71.2 cm³/mol. The van der Waals surface area contributed by atoms with Crippen LogP contribution in [0.15, 0.2) is 18.2 Å². The normalized spacial score (nSPS) is 11.5. The number of aromatic nitrogens is 2. The van der Waals surface area contributed by atoms with Crippen LogP contribution < -0.4 is 0 Å². The number of benzene rings is 1. The van der Waals surface area contributed by atoms with Crippen LogP contribution in [0.25, 0.3) is 11.0 Å². The zero-order chi connectivity index (χ0) is 12.4. The van der Waals surface area contributed by atoms with Crippen molar-refractivity contribution >= 4 is 23.3 Å². The lowest BCUT2D eigenvalue weighted by Gasteiger charge is -2.13. The molecule has 0 atom stereocenters. The van der Waals surface area contributed by atoms with E-state index >= 15 is 0 Å². The molecule has 0 aliphatic carbocycles. The van der Waals surface area contributed by atoms with Crippen LogP contribution in [0, 0.1) is 16.5 Å². The summed E-state index contributed by atoms with van der Waals surface area (Å²) in [6.45, 7) is 5.20. The summed E-state index contributed by atoms with van der Waals surface area (Å²) >= 11 is 5.27. The number of para-hydroxylation sites is 1. The maximum Gasteiger partial charge on any atom is 0.178 e. The van der Waals surface area contributed by atoms with E-state index in [1.165, 1.54) is 6.07 Å². The first-order valence-electron chi connectivity index (χ1n) is 6.04. The third-order valence-corrected chi connectivity index (χ3v) is 3.68. The minimum absolute atomic E-state index is 0.239. The van der Waals surface area contributed by atoms with Crippen molar-refractivity contribution in [2.75, 3.05) is 0 Å². The number of rotatable bonds is 4. The Morgan fingerprint density at radius 1 is 1.35 bits per heavy atom. The highest BCUT2D eigenvalue weighted by atomic mass is 32.1. The Bertz CT molecular complexity index is 566. The average Bonchev–Trinajstić information content (AvgIpc) is 2.64. The van der Waals surface area contributed by atoms with Crippen LogP contribution in [-0.4, -0.2) is 9.55 Å². The van der Waals surface area contributed by atoms with E-state index in [-0.39, 0.29) is 5.82 Å². The molecule has 0 saturated carbocycles. The van der Waals surface area contributed by atoms with Crippen molar-refractivity contribution in [3.63, 3.8) is 0 Å². The van der Waals surface area contributed by atoms with Gasteiger partial charge in [0.05, 0.1) is 5.52 Å². The SMILES string of the molecule is CCC(CC)Cn1c(=S)[nH]c2c(F)cccc21. The molecule has 0 aliphatic heterocycles. The highest BCUT2D eigenvalue weighted by molar-refractivity contribution is 7.71. The van der Waals surface area contributed by atoms with Crippen LogP contribution >= 0.6 is 12.2 Å². The average molecular weight is 252 g/mol. The van der Waals surface area contributed by atoms with Crippen LogP contribution in [0.4, 0.5) is 4.39 Å². The molecule has 0 unspecified atom stereocenters. The van der Waals surface area contributed by atoms with E-state index in [0.717, 1.165) is 24.9 Å². The van der Waals surface area contributed by atoms with Crippen molar-refractivity contribution in [3.8, 4) is 0 Å². The van der Waals surface area contributed by atoms with Gasteiger partial charge in [-0.1, -0.05) is 32.8 Å². The number of hydrogen-bond donors (Lipinski definition) is 1. The second-order valence-electron chi connectivity index (χ2n) is 4.36. The highest BCUT2D eigenvalue weighted by Gasteiger charge is 2.11. The Morgan fingerprint density at radius 3 is 2.71 bits per heavy atom. The van der Waals surface area contributed by atoms with Crippen LogP contribution in [-0.2, 0) is 6.54 Å². The molecule has 2 aromatic rings. The van der Waals surface area contributed by atoms with E-state index < -0.39 is 0 Å². The quantitative estimate of drug-likeness (QED) is 0.806. The number of H-pyrrole nitrogens is 1. The van der Waals surface area contributed by atoms with Gasteiger partial charge < -0.3 is 9.55 Å². The molecule has 4 heteroatoms. The molecule has 0 spiro atoms. The second kappa shape index (κ2) is 5.00. The Kier molecular flexibility index (Phi) is 3.62. The van der Waals surface area contributed by atoms with E-state index in [2.05, 4.69) is 18.8 Å². The van der Waals surface area contributed by atoms with E-state index in [4.69, 9.17) is 12.2 Å². The van der Waals surface area contributed by atoms with Gasteiger partial charge in [0.2, 0.25) is 0 Å². The predicted octanol–water partition coefficient (Wildman–Crippen LogP) is 4.27. The van der Waals surface area contributed by atoms with Crippen LogP contribution in [0.3, 0.4) is 0 Å². The van der Waals surface area contributed by atoms with E-state index in [1.807, 2.05) is 10.6 Å². The second-order valence-corrected chi connectivity index (χ2v) is 4.74. The van der Waals surface area contributed by atoms with Crippen molar-refractivity contribution < 1.29 is 4.39 Å². The number of aromatic amines is 1. The van der Waals surface area contributed by atoms with Crippen molar-refractivity contribution in [3.05, 3.63) is 28.8 Å². The van der Waals surface area contributed by atoms with Crippen LogP contribution in [0.2, 0.25) is 0 Å². The molecule has 1 heterocycles. The summed E-state index contributed by atoms with van der Waals surface area (Å²) in [7, 11) is 0. The molecule has 0 aliphatic rings. The number of imidazole rings is 1. The standard InChI is InChI=1S/C13H17FN2S/c1-3-9(4-2)8-16-11-7-5-6-10(14)12(11)15-13(16)17/h5-7,9H,3-4,8H2,1-2H3,(H,15,17). The maximum absolute atomic E-state index is 13.6. The summed E-state index contributed by atoms with van der Waals surface area (Å²) in [5.74, 6) is 0.348. The number of halogens is 1. The number of nitrogens with one attached hydrogen (secondary N) is 1. The smallest absolute Gasteiger partial charge is 0.178 e. The van der Waals surface area contributed by atoms with Crippen LogP contribution in [0.1, 0.15) is 26.7 Å². The largest absolute Gasteiger partial charge is 0.328 e. The molecule has 1 aromatic carbocycles. The number of hydrogen-bond acceptors (Lipinski definition) is 1. The fourth-order valence-corrected chi connectivity index (χ4v) is 2.41. The highest BCUT2D eigenvalue weighted by Crippen LogP contribution is 2.20. The molecule has 0 amide bonds. The zero-order valence-corrected chi connectivity index (χ0v) is 11.0. The van der Waals surface area contributed by atoms with Gasteiger partial charge in [-0.25, -0.2) is 4.39 Å². The molecule has 17 heavy (non-hydrogen) atoms. The monoisotopic (exact) mass is 252 g/mol. The third-order valence-electron chi connectivity index (χ3n) is 3.35. The lowest BCUT2D eigenvalue weighted by Crippen LogP contribution is -2.09. The van der Waals surface area contributed by atoms with Gasteiger partial charge in [0.1, 0.15) is 11.3 Å². The summed E-state index contributed by atoms with van der Waals surface area (Å²) in [4.78, 5) is 2.95. The van der Waals surface area contributed by atoms with E-state index in [1.54, 1.807) is 6.07 Å². The summed E-state index contributed by atoms with van der Waals surface area (Å²) in [6.07, 6.45) is 2.22. The van der Waals surface area contributed by atoms with Crippen molar-refractivity contribution in [1.82, 2.24) is 9.55 Å². The molecule has 0 fully saturated rings. The van der Waals surface area contributed by atoms with Crippen molar-refractivity contribution in [2.45, 2.75) is 33.2 Å². The van der Waals surface area contributed by atoms with Gasteiger partial charge in [0, 0.05) is 6.54 Å². The van der Waals surface area contributed by atoms with Gasteiger partial charge in [-0.15, -0.1) is 0 Å². The molecular weight excluding hydrogens is 235 g/mol.